The van der Waals surface area contributed by atoms with Gasteiger partial charge in [-0.2, -0.15) is 0 Å². The first-order chi connectivity index (χ1) is 21.8. The van der Waals surface area contributed by atoms with Crippen molar-refractivity contribution in [2.24, 2.45) is 23.2 Å². The predicted molar refractivity (Wildman–Crippen MR) is 180 cm³/mol. The molecule has 13 heteroatoms. The van der Waals surface area contributed by atoms with Crippen molar-refractivity contribution in [2.75, 3.05) is 13.1 Å². The van der Waals surface area contributed by atoms with Crippen LogP contribution in [0.15, 0.2) is 12.7 Å². The fourth-order valence-electron chi connectivity index (χ4n) is 6.64. The Morgan fingerprint density at radius 1 is 1.02 bits per heavy atom. The zero-order chi connectivity index (χ0) is 35.3. The maximum atomic E-state index is 14.2. The van der Waals surface area contributed by atoms with Crippen LogP contribution in [0.1, 0.15) is 99.3 Å². The maximum absolute atomic E-state index is 14.2. The van der Waals surface area contributed by atoms with Crippen LogP contribution in [-0.2, 0) is 28.7 Å². The lowest BCUT2D eigenvalue weighted by Gasteiger charge is -2.36. The van der Waals surface area contributed by atoms with Gasteiger partial charge >= 0.3 is 6.09 Å². The number of alkyl carbamates (subject to hydrolysis) is 1. The molecule has 1 aliphatic heterocycles. The van der Waals surface area contributed by atoms with Gasteiger partial charge in [-0.05, 0) is 51.4 Å². The van der Waals surface area contributed by atoms with E-state index in [-0.39, 0.29) is 55.4 Å². The number of allylic oxidation sites excluding steroid dienone is 1. The average Bonchev–Trinajstić information content (AvgIpc) is 3.29. The van der Waals surface area contributed by atoms with E-state index in [0.29, 0.717) is 6.42 Å². The number of alkyl halides is 2. The highest BCUT2D eigenvalue weighted by Crippen LogP contribution is 2.65. The number of hydrogen-bond acceptors (Lipinski definition) is 7. The molecular weight excluding hydrogens is 647 g/mol. The fourth-order valence-corrected chi connectivity index (χ4v) is 7.47. The number of hydrogen-bond donors (Lipinski definition) is 3. The molecular formula is C34H52Cl2N4O7. The van der Waals surface area contributed by atoms with Gasteiger partial charge in [-0.25, -0.2) is 4.79 Å². The Morgan fingerprint density at radius 2 is 1.66 bits per heavy atom. The standard InChI is InChI=1S/C34H52Cl2N4O7/c1-8-13-23(27(42)29(44)37-17-16-21(41)18-33(6,7)9-2)38-28(43)26-24-22(34(24,35)36)19-40(26)30(45)25(20-14-11-10-12-15-20)39-31(46)47-32(3,4)5/h9,20,22-26H,2,8,10-19H2,1,3-7H3,(H,37,44)(H,38,43)(H,39,46)/t22-,23?,24-,25-,26-/m0/s1. The van der Waals surface area contributed by atoms with Crippen LogP contribution in [0.3, 0.4) is 0 Å². The molecule has 0 aromatic carbocycles. The van der Waals surface area contributed by atoms with E-state index in [1.807, 2.05) is 20.8 Å². The molecule has 264 valence electrons. The Morgan fingerprint density at radius 3 is 2.23 bits per heavy atom. The number of Topliss-reactive ketones (excluding diaryl/α,β-unsaturated/α-hetero) is 2. The zero-order valence-corrected chi connectivity index (χ0v) is 30.1. The van der Waals surface area contributed by atoms with Crippen molar-refractivity contribution in [3.63, 3.8) is 0 Å². The third-order valence-electron chi connectivity index (χ3n) is 9.27. The van der Waals surface area contributed by atoms with E-state index in [4.69, 9.17) is 27.9 Å². The van der Waals surface area contributed by atoms with Crippen molar-refractivity contribution in [3.05, 3.63) is 12.7 Å². The van der Waals surface area contributed by atoms with Crippen LogP contribution < -0.4 is 16.0 Å². The van der Waals surface area contributed by atoms with Gasteiger partial charge in [0.15, 0.2) is 0 Å². The lowest BCUT2D eigenvalue weighted by Crippen LogP contribution is -2.60. The summed E-state index contributed by atoms with van der Waals surface area (Å²) in [5, 5.41) is 7.98. The quantitative estimate of drug-likeness (QED) is 0.128. The highest BCUT2D eigenvalue weighted by Gasteiger charge is 2.74. The number of rotatable bonds is 15. The van der Waals surface area contributed by atoms with Gasteiger partial charge in [0.05, 0.1) is 6.04 Å². The van der Waals surface area contributed by atoms with Crippen molar-refractivity contribution in [2.45, 2.75) is 127 Å². The second kappa shape index (κ2) is 15.7. The highest BCUT2D eigenvalue weighted by atomic mass is 35.5. The normalized spacial score (nSPS) is 23.5. The number of piperidine rings is 1. The molecule has 1 saturated heterocycles. The molecule has 1 heterocycles. The number of carbonyl (C=O) groups is 6. The Kier molecular flexibility index (Phi) is 13.0. The number of nitrogens with one attached hydrogen (secondary N) is 3. The molecule has 4 amide bonds. The molecule has 0 bridgehead atoms. The summed E-state index contributed by atoms with van der Waals surface area (Å²) in [7, 11) is 0. The number of halogens is 2. The van der Waals surface area contributed by atoms with E-state index in [0.717, 1.165) is 32.1 Å². The van der Waals surface area contributed by atoms with Crippen LogP contribution in [0.5, 0.6) is 0 Å². The molecule has 2 saturated carbocycles. The van der Waals surface area contributed by atoms with Crippen LogP contribution in [0.2, 0.25) is 0 Å². The minimum atomic E-state index is -1.23. The summed E-state index contributed by atoms with van der Waals surface area (Å²) in [6.07, 6.45) is 6.27. The molecule has 47 heavy (non-hydrogen) atoms. The van der Waals surface area contributed by atoms with E-state index in [1.165, 1.54) is 4.90 Å². The number of ether oxygens (including phenoxy) is 1. The zero-order valence-electron chi connectivity index (χ0n) is 28.6. The molecule has 0 spiro atoms. The number of amides is 4. The molecule has 0 aromatic rings. The molecule has 2 aliphatic carbocycles. The molecule has 3 fully saturated rings. The minimum absolute atomic E-state index is 0.0215. The van der Waals surface area contributed by atoms with Crippen LogP contribution in [-0.4, -0.2) is 81.4 Å². The molecule has 3 N–H and O–H groups in total. The number of carbonyl (C=O) groups excluding carboxylic acids is 6. The lowest BCUT2D eigenvalue weighted by atomic mass is 9.83. The minimum Gasteiger partial charge on any atom is -0.444 e. The predicted octanol–water partition coefficient (Wildman–Crippen LogP) is 4.62. The summed E-state index contributed by atoms with van der Waals surface area (Å²) in [5.74, 6) is -4.01. The summed E-state index contributed by atoms with van der Waals surface area (Å²) in [4.78, 5) is 80.7. The monoisotopic (exact) mass is 698 g/mol. The van der Waals surface area contributed by atoms with Crippen molar-refractivity contribution in [3.8, 4) is 0 Å². The second-order valence-electron chi connectivity index (χ2n) is 14.9. The average molecular weight is 700 g/mol. The first-order valence-corrected chi connectivity index (χ1v) is 17.5. The molecule has 0 aromatic heterocycles. The van der Waals surface area contributed by atoms with E-state index in [2.05, 4.69) is 22.5 Å². The molecule has 5 atom stereocenters. The Hall–Kier alpha value is -2.66. The van der Waals surface area contributed by atoms with Crippen LogP contribution >= 0.6 is 23.2 Å². The second-order valence-corrected chi connectivity index (χ2v) is 16.3. The Bertz CT molecular complexity index is 1230. The molecule has 11 nitrogen and oxygen atoms in total. The number of fused-ring (bicyclic) bond motifs is 1. The summed E-state index contributed by atoms with van der Waals surface area (Å²) >= 11 is 13.1. The topological polar surface area (TPSA) is 151 Å². The first kappa shape index (κ1) is 38.8. The van der Waals surface area contributed by atoms with Crippen molar-refractivity contribution in [1.82, 2.24) is 20.9 Å². The molecule has 3 rings (SSSR count). The van der Waals surface area contributed by atoms with E-state index < -0.39 is 63.6 Å². The number of likely N-dealkylation sites (tertiary alicyclic amines) is 1. The van der Waals surface area contributed by atoms with Gasteiger partial charge in [0.2, 0.25) is 17.6 Å². The van der Waals surface area contributed by atoms with Crippen LogP contribution in [0.25, 0.3) is 0 Å². The Labute approximate surface area is 288 Å². The summed E-state index contributed by atoms with van der Waals surface area (Å²) < 4.78 is 4.23. The molecule has 1 unspecified atom stereocenters. The van der Waals surface area contributed by atoms with Crippen molar-refractivity contribution >= 4 is 58.6 Å². The number of ketones is 2. The third-order valence-corrected chi connectivity index (χ3v) is 10.3. The smallest absolute Gasteiger partial charge is 0.408 e. The van der Waals surface area contributed by atoms with Gasteiger partial charge in [-0.3, -0.25) is 24.0 Å². The van der Waals surface area contributed by atoms with Gasteiger partial charge in [-0.15, -0.1) is 29.8 Å². The van der Waals surface area contributed by atoms with Gasteiger partial charge in [-0.1, -0.05) is 52.5 Å². The number of nitrogens with zero attached hydrogens (tertiary/aromatic N) is 1. The van der Waals surface area contributed by atoms with E-state index >= 15 is 0 Å². The fraction of sp³-hybridized carbons (Fsp3) is 0.765. The Balaban J connectivity index is 1.74. The molecule has 0 radical (unpaired) electrons. The van der Waals surface area contributed by atoms with Gasteiger partial charge in [0, 0.05) is 37.8 Å². The SMILES string of the molecule is C=CC(C)(C)CC(=O)CCNC(=O)C(=O)C(CCC)NC(=O)[C@@H]1[C@@H]2[C@H](CN1C(=O)[C@@H](NC(=O)OC(C)(C)C)C1CCCCC1)C2(Cl)Cl. The van der Waals surface area contributed by atoms with Gasteiger partial charge < -0.3 is 25.6 Å². The van der Waals surface area contributed by atoms with E-state index in [9.17, 15) is 28.8 Å². The van der Waals surface area contributed by atoms with Crippen LogP contribution in [0.4, 0.5) is 4.79 Å². The summed E-state index contributed by atoms with van der Waals surface area (Å²) in [6.45, 7) is 14.6. The third kappa shape index (κ3) is 10.2. The van der Waals surface area contributed by atoms with Gasteiger partial charge in [0.1, 0.15) is 27.8 Å². The highest BCUT2D eigenvalue weighted by molar-refractivity contribution is 6.51. The lowest BCUT2D eigenvalue weighted by molar-refractivity contribution is -0.144. The van der Waals surface area contributed by atoms with Crippen molar-refractivity contribution in [1.29, 1.82) is 0 Å². The summed E-state index contributed by atoms with van der Waals surface area (Å²) in [6, 6.07) is -3.18. The maximum Gasteiger partial charge on any atom is 0.408 e. The van der Waals surface area contributed by atoms with E-state index in [1.54, 1.807) is 26.8 Å². The first-order valence-electron chi connectivity index (χ1n) is 16.8. The molecule has 3 aliphatic rings. The van der Waals surface area contributed by atoms with Crippen molar-refractivity contribution < 1.29 is 33.5 Å². The van der Waals surface area contributed by atoms with Crippen LogP contribution in [0, 0.1) is 23.2 Å². The van der Waals surface area contributed by atoms with Gasteiger partial charge in [0.25, 0.3) is 5.91 Å². The summed E-state index contributed by atoms with van der Waals surface area (Å²) in [5.41, 5.74) is -1.15. The largest absolute Gasteiger partial charge is 0.444 e.